The van der Waals surface area contributed by atoms with Crippen LogP contribution >= 0.6 is 11.3 Å². The van der Waals surface area contributed by atoms with E-state index in [2.05, 4.69) is 59.1 Å². The average Bonchev–Trinajstić information content (AvgIpc) is 2.07. The number of Topliss-reactive ketones (excluding diaryl/α,β-unsaturated/α-hetero) is 3. The normalized spacial score (nSPS) is 17.5. The molecule has 2 amide bonds. The quantitative estimate of drug-likeness (QED) is 0.0358. The summed E-state index contributed by atoms with van der Waals surface area (Å²) in [5.74, 6) is -1.42. The van der Waals surface area contributed by atoms with E-state index in [4.69, 9.17) is 0 Å². The highest BCUT2D eigenvalue weighted by molar-refractivity contribution is 7.13. The molecule has 89 heavy (non-hydrogen) atoms. The van der Waals surface area contributed by atoms with E-state index in [1.807, 2.05) is 82.7 Å². The van der Waals surface area contributed by atoms with Crippen LogP contribution in [0, 0.1) is 18.3 Å². The number of halogens is 3. The van der Waals surface area contributed by atoms with Gasteiger partial charge in [0.15, 0.2) is 5.78 Å². The zero-order valence-corrected chi connectivity index (χ0v) is 53.8. The van der Waals surface area contributed by atoms with E-state index in [0.29, 0.717) is 62.0 Å². The van der Waals surface area contributed by atoms with Crippen LogP contribution in [0.3, 0.4) is 0 Å². The molecule has 482 valence electrons. The number of thiazole rings is 1. The minimum absolute atomic E-state index is 0.0581. The third-order valence-electron chi connectivity index (χ3n) is 18.1. The molecule has 3 saturated heterocycles. The van der Waals surface area contributed by atoms with Gasteiger partial charge in [-0.3, -0.25) is 33.7 Å². The Bertz CT molecular complexity index is 3220. The number of aromatic amines is 1. The number of aryl methyl sites for hydroxylation is 2. The van der Waals surface area contributed by atoms with Crippen molar-refractivity contribution in [3.05, 3.63) is 123 Å². The van der Waals surface area contributed by atoms with Crippen molar-refractivity contribution < 1.29 is 42.3 Å². The summed E-state index contributed by atoms with van der Waals surface area (Å²) in [6, 6.07) is 21.8. The molecular weight excluding hydrogens is 1150 g/mol. The predicted octanol–water partition coefficient (Wildman–Crippen LogP) is 12.4. The summed E-state index contributed by atoms with van der Waals surface area (Å²) in [5.41, 5.74) is 5.54. The van der Waals surface area contributed by atoms with Gasteiger partial charge in [0, 0.05) is 122 Å². The summed E-state index contributed by atoms with van der Waals surface area (Å²) < 4.78 is 41.9. The number of ketones is 3. The number of hydrogen-bond donors (Lipinski definition) is 3. The van der Waals surface area contributed by atoms with Gasteiger partial charge in [-0.1, -0.05) is 114 Å². The van der Waals surface area contributed by atoms with Crippen molar-refractivity contribution in [2.75, 3.05) is 82.7 Å². The number of rotatable bonds is 31. The summed E-state index contributed by atoms with van der Waals surface area (Å²) in [6.45, 7) is 16.6. The summed E-state index contributed by atoms with van der Waals surface area (Å²) >= 11 is 1.60. The number of amides is 2. The maximum Gasteiger partial charge on any atom is 0.417 e. The van der Waals surface area contributed by atoms with Crippen molar-refractivity contribution in [1.29, 1.82) is 0 Å². The first-order chi connectivity index (χ1) is 42.6. The number of nitrogens with zero attached hydrogens (tertiary/aromatic N) is 6. The molecule has 3 fully saturated rings. The van der Waals surface area contributed by atoms with E-state index < -0.39 is 52.2 Å². The number of aromatic nitrogens is 2. The highest BCUT2D eigenvalue weighted by Gasteiger charge is 2.44. The SMILES string of the molecule is Cc1ncsc1-c1ccc(CCC(=O)[C@@H]2C[C@@H](O)CN2C(=O)[C@@H](CC(=O)CCCCCCCCCC(=O)CCCCCCN2CCN(Cc3cccc(-c4ccc(N5CCN(C)CC5)c(NC(=O)c5c[nH]c(=O)cc5C(F)(F)F)c4)c3)CC2)C(C)(C)C)cc1. The number of anilines is 2. The summed E-state index contributed by atoms with van der Waals surface area (Å²) in [7, 11) is 2.03. The molecule has 0 aliphatic carbocycles. The number of unbranched alkanes of at least 4 members (excludes halogenated alkanes) is 9. The molecule has 0 bridgehead atoms. The van der Waals surface area contributed by atoms with Crippen LogP contribution in [-0.4, -0.2) is 148 Å². The molecule has 3 aromatic carbocycles. The Morgan fingerprint density at radius 2 is 1.34 bits per heavy atom. The molecular formula is C70H93F3N8O7S. The first kappa shape index (κ1) is 68.5. The molecule has 0 saturated carbocycles. The number of likely N-dealkylation sites (tertiary alicyclic amines) is 1. The number of likely N-dealkylation sites (N-methyl/N-ethyl adjacent to an activating group) is 1. The highest BCUT2D eigenvalue weighted by Crippen LogP contribution is 2.37. The van der Waals surface area contributed by atoms with E-state index in [0.717, 1.165) is 168 Å². The van der Waals surface area contributed by atoms with Gasteiger partial charge in [0.05, 0.1) is 50.7 Å². The third kappa shape index (κ3) is 20.3. The Hall–Kier alpha value is -6.38. The largest absolute Gasteiger partial charge is 0.417 e. The van der Waals surface area contributed by atoms with Crippen LogP contribution in [0.4, 0.5) is 24.5 Å². The zero-order chi connectivity index (χ0) is 63.7. The molecule has 0 radical (unpaired) electrons. The van der Waals surface area contributed by atoms with Crippen LogP contribution in [-0.2, 0) is 38.3 Å². The van der Waals surface area contributed by atoms with Gasteiger partial charge in [-0.2, -0.15) is 13.2 Å². The molecule has 3 atom stereocenters. The average molecular weight is 1250 g/mol. The van der Waals surface area contributed by atoms with Crippen LogP contribution < -0.4 is 15.8 Å². The van der Waals surface area contributed by atoms with Gasteiger partial charge in [0.2, 0.25) is 11.5 Å². The number of benzene rings is 3. The maximum atomic E-state index is 14.1. The molecule has 5 aromatic rings. The molecule has 3 aliphatic heterocycles. The fraction of sp³-hybridized carbons (Fsp3) is 0.557. The second-order valence-electron chi connectivity index (χ2n) is 26.1. The van der Waals surface area contributed by atoms with Gasteiger partial charge in [-0.15, -0.1) is 11.3 Å². The number of alkyl halides is 3. The first-order valence-corrected chi connectivity index (χ1v) is 33.2. The number of carbonyl (C=O) groups is 5. The Kier molecular flexibility index (Phi) is 25.1. The van der Waals surface area contributed by atoms with Crippen LogP contribution in [0.2, 0.25) is 0 Å². The summed E-state index contributed by atoms with van der Waals surface area (Å²) in [6.07, 6.45) is 8.95. The van der Waals surface area contributed by atoms with Gasteiger partial charge >= 0.3 is 6.18 Å². The molecule has 0 unspecified atom stereocenters. The van der Waals surface area contributed by atoms with Crippen LogP contribution in [0.1, 0.15) is 163 Å². The number of carbonyl (C=O) groups excluding carboxylic acids is 5. The monoisotopic (exact) mass is 1250 g/mol. The third-order valence-corrected chi connectivity index (χ3v) is 19.1. The number of nitrogens with one attached hydrogen (secondary N) is 2. The molecule has 0 spiro atoms. The van der Waals surface area contributed by atoms with Crippen molar-refractivity contribution in [3.63, 3.8) is 0 Å². The minimum Gasteiger partial charge on any atom is -0.391 e. The number of pyridine rings is 1. The van der Waals surface area contributed by atoms with Crippen LogP contribution in [0.5, 0.6) is 0 Å². The van der Waals surface area contributed by atoms with Crippen molar-refractivity contribution in [1.82, 2.24) is 29.6 Å². The predicted molar refractivity (Wildman–Crippen MR) is 347 cm³/mol. The smallest absolute Gasteiger partial charge is 0.391 e. The van der Waals surface area contributed by atoms with E-state index in [1.54, 1.807) is 16.2 Å². The number of H-pyrrole nitrogens is 1. The van der Waals surface area contributed by atoms with Crippen molar-refractivity contribution in [2.45, 2.75) is 168 Å². The number of β-amino-alcohol motifs (C(OH)–C–C–N with tert-alkyl or cyclic N) is 1. The Balaban J connectivity index is 0.660. The molecule has 3 aliphatic rings. The Morgan fingerprint density at radius 1 is 0.719 bits per heavy atom. The van der Waals surface area contributed by atoms with Crippen LogP contribution in [0.15, 0.2) is 89.3 Å². The topological polar surface area (TPSA) is 180 Å². The summed E-state index contributed by atoms with van der Waals surface area (Å²) in [5, 5.41) is 13.4. The van der Waals surface area contributed by atoms with E-state index in [9.17, 15) is 47.0 Å². The molecule has 15 nitrogen and oxygen atoms in total. The number of hydrogen-bond acceptors (Lipinski definition) is 13. The van der Waals surface area contributed by atoms with E-state index in [1.165, 1.54) is 0 Å². The van der Waals surface area contributed by atoms with E-state index in [-0.39, 0.29) is 43.3 Å². The molecule has 5 heterocycles. The fourth-order valence-electron chi connectivity index (χ4n) is 12.7. The molecule has 2 aromatic heterocycles. The summed E-state index contributed by atoms with van der Waals surface area (Å²) in [4.78, 5) is 97.7. The van der Waals surface area contributed by atoms with E-state index >= 15 is 0 Å². The van der Waals surface area contributed by atoms with Gasteiger partial charge in [0.1, 0.15) is 11.6 Å². The van der Waals surface area contributed by atoms with Crippen molar-refractivity contribution >= 4 is 51.9 Å². The molecule has 8 rings (SSSR count). The van der Waals surface area contributed by atoms with Crippen LogP contribution in [0.25, 0.3) is 21.6 Å². The lowest BCUT2D eigenvalue weighted by molar-refractivity contribution is -0.145. The van der Waals surface area contributed by atoms with Gasteiger partial charge in [-0.25, -0.2) is 4.98 Å². The van der Waals surface area contributed by atoms with Gasteiger partial charge in [-0.05, 0) is 104 Å². The fourth-order valence-corrected chi connectivity index (χ4v) is 13.5. The number of aliphatic hydroxyl groups is 1. The van der Waals surface area contributed by atoms with Crippen molar-refractivity contribution in [3.8, 4) is 21.6 Å². The Labute approximate surface area is 527 Å². The number of aliphatic hydroxyl groups excluding tert-OH is 1. The zero-order valence-electron chi connectivity index (χ0n) is 52.9. The van der Waals surface area contributed by atoms with Crippen molar-refractivity contribution in [2.24, 2.45) is 11.3 Å². The maximum absolute atomic E-state index is 14.1. The number of piperazine rings is 2. The lowest BCUT2D eigenvalue weighted by atomic mass is 9.76. The second kappa shape index (κ2) is 32.6. The lowest BCUT2D eigenvalue weighted by Crippen LogP contribution is -2.47. The van der Waals surface area contributed by atoms with Gasteiger partial charge in [0.25, 0.3) is 5.91 Å². The standard InChI is InChI=1S/C70H93F3N8O7S/c1-49-66(89-48-75-49)52-26-23-50(24-27-52)25-30-64(85)63-43-57(84)47-81(63)68(88)60(69(2,3)4)42-56(83)22-15-10-8-6-7-9-13-20-55(82)21-14-11-12-16-31-78-34-36-79(37-35-78)46-51-18-17-19-53(40-51)54-28-29-62(80-38-32-77(5)33-39-80)61(41-54)76-67(87)58-45-74-65(86)44-59(58)70(71,72)73/h17-19,23-24,26-29,40-41,44-45,48,57,60,63,84H,6-16,20-22,25,30-39,42-43,46-47H2,1-5H3,(H,74,86)(H,76,87)/t57-,60-,63+/m1/s1. The first-order valence-electron chi connectivity index (χ1n) is 32.4. The van der Waals surface area contributed by atoms with Gasteiger partial charge < -0.3 is 35.0 Å². The Morgan fingerprint density at radius 3 is 1.98 bits per heavy atom. The molecule has 3 N–H and O–H groups in total. The molecule has 19 heteroatoms. The minimum atomic E-state index is -4.89. The highest BCUT2D eigenvalue weighted by atomic mass is 32.1. The lowest BCUT2D eigenvalue weighted by Gasteiger charge is -2.35. The second-order valence-corrected chi connectivity index (χ2v) is 26.9.